The summed E-state index contributed by atoms with van der Waals surface area (Å²) in [7, 11) is 1.63. The van der Waals surface area contributed by atoms with Gasteiger partial charge in [-0.15, -0.1) is 12.4 Å². The number of aromatic nitrogens is 2. The molecule has 1 unspecified atom stereocenters. The van der Waals surface area contributed by atoms with Crippen molar-refractivity contribution in [3.8, 4) is 11.4 Å². The maximum absolute atomic E-state index is 13.7. The molecule has 2 aliphatic rings. The molecule has 2 saturated heterocycles. The first-order valence-corrected chi connectivity index (χ1v) is 13.8. The predicted octanol–water partition coefficient (Wildman–Crippen LogP) is 4.78. The van der Waals surface area contributed by atoms with Crippen molar-refractivity contribution in [2.45, 2.75) is 48.9 Å². The van der Waals surface area contributed by atoms with Crippen molar-refractivity contribution in [1.29, 1.82) is 0 Å². The maximum Gasteiger partial charge on any atom is 0.266 e. The summed E-state index contributed by atoms with van der Waals surface area (Å²) in [4.78, 5) is 35.7. The zero-order chi connectivity index (χ0) is 24.9. The van der Waals surface area contributed by atoms with Crippen LogP contribution in [0.1, 0.15) is 38.5 Å². The molecule has 2 fully saturated rings. The number of methoxy groups -OCH3 is 1. The lowest BCUT2D eigenvalue weighted by Gasteiger charge is -2.29. The Hall–Kier alpha value is -2.55. The Morgan fingerprint density at radius 2 is 1.65 bits per heavy atom. The van der Waals surface area contributed by atoms with Crippen LogP contribution in [0, 0.1) is 0 Å². The number of thioether (sulfide) groups is 1. The van der Waals surface area contributed by atoms with Crippen LogP contribution in [0.2, 0.25) is 0 Å². The first kappa shape index (κ1) is 27.5. The second-order valence-corrected chi connectivity index (χ2v) is 10.9. The van der Waals surface area contributed by atoms with Crippen LogP contribution in [0.25, 0.3) is 16.6 Å². The Balaban J connectivity index is 0.00000320. The quantitative estimate of drug-likeness (QED) is 0.301. The molecule has 37 heavy (non-hydrogen) atoms. The fourth-order valence-electron chi connectivity index (χ4n) is 5.18. The fourth-order valence-corrected chi connectivity index (χ4v) is 6.46. The maximum atomic E-state index is 13.7. The Morgan fingerprint density at radius 1 is 0.919 bits per heavy atom. The average molecular weight is 543 g/mol. The van der Waals surface area contributed by atoms with Gasteiger partial charge in [0.05, 0.1) is 23.7 Å². The number of benzene rings is 2. The normalized spacial score (nSPS) is 17.4. The molecule has 3 aromatic rings. The molecule has 1 amide bonds. The van der Waals surface area contributed by atoms with E-state index >= 15 is 0 Å². The molecule has 0 radical (unpaired) electrons. The number of likely N-dealkylation sites (tertiary alicyclic amines) is 2. The summed E-state index contributed by atoms with van der Waals surface area (Å²) in [6.45, 7) is 4.53. The smallest absolute Gasteiger partial charge is 0.266 e. The van der Waals surface area contributed by atoms with Crippen molar-refractivity contribution in [1.82, 2.24) is 19.4 Å². The molecule has 2 aliphatic heterocycles. The van der Waals surface area contributed by atoms with Gasteiger partial charge >= 0.3 is 0 Å². The van der Waals surface area contributed by atoms with E-state index in [4.69, 9.17) is 9.72 Å². The predicted molar refractivity (Wildman–Crippen MR) is 152 cm³/mol. The Morgan fingerprint density at radius 3 is 2.32 bits per heavy atom. The minimum absolute atomic E-state index is 0. The molecule has 5 rings (SSSR count). The number of ether oxygens (including phenoxy) is 1. The van der Waals surface area contributed by atoms with E-state index in [9.17, 15) is 9.59 Å². The van der Waals surface area contributed by atoms with Gasteiger partial charge in [-0.2, -0.15) is 0 Å². The number of hydrogen-bond acceptors (Lipinski definition) is 6. The number of rotatable bonds is 8. The van der Waals surface area contributed by atoms with Crippen LogP contribution in [0.5, 0.6) is 5.75 Å². The van der Waals surface area contributed by atoms with Crippen LogP contribution >= 0.6 is 24.2 Å². The molecule has 7 nitrogen and oxygen atoms in total. The van der Waals surface area contributed by atoms with E-state index in [1.54, 1.807) is 23.4 Å². The summed E-state index contributed by atoms with van der Waals surface area (Å²) in [6.07, 6.45) is 6.54. The van der Waals surface area contributed by atoms with Gasteiger partial charge in [-0.05, 0) is 68.8 Å². The van der Waals surface area contributed by atoms with Crippen molar-refractivity contribution in [3.05, 3.63) is 58.9 Å². The van der Waals surface area contributed by atoms with E-state index in [0.29, 0.717) is 29.0 Å². The highest BCUT2D eigenvalue weighted by Crippen LogP contribution is 2.28. The van der Waals surface area contributed by atoms with Crippen molar-refractivity contribution in [2.75, 3.05) is 39.8 Å². The lowest BCUT2D eigenvalue weighted by atomic mass is 10.2. The molecule has 0 spiro atoms. The standard InChI is InChI=1S/C28H34N4O3S.ClH/c1-35-22-14-12-21(13-15-22)32-27(34)24-9-4-5-10-25(24)29-28(32)36-23(20-31-18-8-11-26(31)33)19-30-16-6-2-3-7-17-30;/h4-5,9-10,12-15,23H,2-3,6-8,11,16-20H2,1H3;1H. The van der Waals surface area contributed by atoms with Crippen molar-refractivity contribution < 1.29 is 9.53 Å². The average Bonchev–Trinajstić information content (AvgIpc) is 3.12. The highest BCUT2D eigenvalue weighted by molar-refractivity contribution is 7.99. The zero-order valence-corrected chi connectivity index (χ0v) is 22.9. The largest absolute Gasteiger partial charge is 0.497 e. The van der Waals surface area contributed by atoms with Crippen LogP contribution in [0.15, 0.2) is 58.5 Å². The van der Waals surface area contributed by atoms with Gasteiger partial charge in [-0.1, -0.05) is 36.7 Å². The van der Waals surface area contributed by atoms with E-state index < -0.39 is 0 Å². The molecule has 198 valence electrons. The number of hydrogen-bond donors (Lipinski definition) is 0. The Bertz CT molecular complexity index is 1260. The first-order chi connectivity index (χ1) is 17.6. The number of carbonyl (C=O) groups excluding carboxylic acids is 1. The number of para-hydroxylation sites is 1. The van der Waals surface area contributed by atoms with Crippen molar-refractivity contribution >= 4 is 41.0 Å². The summed E-state index contributed by atoms with van der Waals surface area (Å²) in [5, 5.41) is 1.37. The third-order valence-corrected chi connectivity index (χ3v) is 8.22. The molecule has 9 heteroatoms. The summed E-state index contributed by atoms with van der Waals surface area (Å²) in [6, 6.07) is 15.0. The molecular formula is C28H35ClN4O3S. The third kappa shape index (κ3) is 6.48. The summed E-state index contributed by atoms with van der Waals surface area (Å²) >= 11 is 1.62. The van der Waals surface area contributed by atoms with E-state index in [-0.39, 0.29) is 29.1 Å². The highest BCUT2D eigenvalue weighted by atomic mass is 35.5. The van der Waals surface area contributed by atoms with Gasteiger partial charge in [0.25, 0.3) is 5.56 Å². The van der Waals surface area contributed by atoms with E-state index in [0.717, 1.165) is 44.0 Å². The van der Waals surface area contributed by atoms with Gasteiger partial charge in [0, 0.05) is 31.3 Å². The fraction of sp³-hybridized carbons (Fsp3) is 0.464. The molecule has 0 aliphatic carbocycles. The van der Waals surface area contributed by atoms with Gasteiger partial charge in [-0.3, -0.25) is 14.2 Å². The molecule has 0 saturated carbocycles. The molecule has 2 aromatic carbocycles. The molecule has 1 atom stereocenters. The van der Waals surface area contributed by atoms with Crippen molar-refractivity contribution in [2.24, 2.45) is 0 Å². The van der Waals surface area contributed by atoms with Gasteiger partial charge in [0.15, 0.2) is 5.16 Å². The van der Waals surface area contributed by atoms with Crippen LogP contribution in [0.3, 0.4) is 0 Å². The van der Waals surface area contributed by atoms with Gasteiger partial charge < -0.3 is 14.5 Å². The van der Waals surface area contributed by atoms with Crippen LogP contribution in [-0.2, 0) is 4.79 Å². The summed E-state index contributed by atoms with van der Waals surface area (Å²) < 4.78 is 7.04. The minimum atomic E-state index is -0.0842. The first-order valence-electron chi connectivity index (χ1n) is 13.0. The third-order valence-electron chi connectivity index (χ3n) is 7.10. The Kier molecular flexibility index (Phi) is 9.51. The van der Waals surface area contributed by atoms with E-state index in [1.165, 1.54) is 25.7 Å². The Labute approximate surface area is 228 Å². The molecule has 1 aromatic heterocycles. The zero-order valence-electron chi connectivity index (χ0n) is 21.3. The number of amides is 1. The summed E-state index contributed by atoms with van der Waals surface area (Å²) in [5.74, 6) is 0.969. The van der Waals surface area contributed by atoms with E-state index in [1.807, 2.05) is 53.4 Å². The van der Waals surface area contributed by atoms with Crippen LogP contribution < -0.4 is 10.3 Å². The lowest BCUT2D eigenvalue weighted by Crippen LogP contribution is -2.40. The second-order valence-electron chi connectivity index (χ2n) is 9.65. The SMILES string of the molecule is COc1ccc(-n2c(SC(CN3CCCCCC3)CN3CCCC3=O)nc3ccccc3c2=O)cc1.Cl. The van der Waals surface area contributed by atoms with Crippen LogP contribution in [-0.4, -0.2) is 70.3 Å². The van der Waals surface area contributed by atoms with Gasteiger partial charge in [0.2, 0.25) is 5.91 Å². The van der Waals surface area contributed by atoms with Gasteiger partial charge in [0.1, 0.15) is 5.75 Å². The molecule has 3 heterocycles. The number of fused-ring (bicyclic) bond motifs is 1. The summed E-state index contributed by atoms with van der Waals surface area (Å²) in [5.41, 5.74) is 1.37. The van der Waals surface area contributed by atoms with Gasteiger partial charge in [-0.25, -0.2) is 4.98 Å². The lowest BCUT2D eigenvalue weighted by molar-refractivity contribution is -0.127. The molecule has 0 N–H and O–H groups in total. The van der Waals surface area contributed by atoms with Crippen LogP contribution in [0.4, 0.5) is 0 Å². The number of carbonyl (C=O) groups is 1. The minimum Gasteiger partial charge on any atom is -0.497 e. The monoisotopic (exact) mass is 542 g/mol. The van der Waals surface area contributed by atoms with E-state index in [2.05, 4.69) is 4.90 Å². The van der Waals surface area contributed by atoms with Crippen molar-refractivity contribution in [3.63, 3.8) is 0 Å². The second kappa shape index (κ2) is 12.8. The molecule has 0 bridgehead atoms. The molecular weight excluding hydrogens is 508 g/mol. The topological polar surface area (TPSA) is 67.7 Å². The highest BCUT2D eigenvalue weighted by Gasteiger charge is 2.27. The number of halogens is 1. The number of nitrogens with zero attached hydrogens (tertiary/aromatic N) is 4.